The first-order valence-electron chi connectivity index (χ1n) is 5.70. The topological polar surface area (TPSA) is 72.9 Å². The lowest BCUT2D eigenvalue weighted by Crippen LogP contribution is -2.52. The molecule has 1 saturated carbocycles. The average molecular weight is 222 g/mol. The minimum Gasteiger partial charge on any atom is -0.317 e. The molecule has 0 aliphatic heterocycles. The molecule has 0 radical (unpaired) electrons. The molecule has 0 aromatic carbocycles. The first kappa shape index (κ1) is 11.1. The molecule has 88 valence electrons. The Morgan fingerprint density at radius 1 is 1.50 bits per heavy atom. The number of aryl methyl sites for hydroxylation is 1. The lowest BCUT2D eigenvalue weighted by Gasteiger charge is -2.31. The molecule has 1 aromatic heterocycles. The summed E-state index contributed by atoms with van der Waals surface area (Å²) in [5.41, 5.74) is 5.44. The quantitative estimate of drug-likeness (QED) is 0.784. The van der Waals surface area contributed by atoms with Crippen LogP contribution >= 0.6 is 0 Å². The Morgan fingerprint density at radius 3 is 2.75 bits per heavy atom. The molecule has 1 amide bonds. The van der Waals surface area contributed by atoms with E-state index in [4.69, 9.17) is 5.73 Å². The maximum absolute atomic E-state index is 12.1. The van der Waals surface area contributed by atoms with Crippen LogP contribution in [-0.4, -0.2) is 21.2 Å². The van der Waals surface area contributed by atoms with E-state index in [0.717, 1.165) is 25.7 Å². The van der Waals surface area contributed by atoms with Crippen LogP contribution < -0.4 is 11.1 Å². The van der Waals surface area contributed by atoms with Gasteiger partial charge in [-0.25, -0.2) is 0 Å². The van der Waals surface area contributed by atoms with Crippen molar-refractivity contribution in [3.05, 3.63) is 12.3 Å². The first-order valence-corrected chi connectivity index (χ1v) is 5.70. The van der Waals surface area contributed by atoms with Gasteiger partial charge in [0.15, 0.2) is 0 Å². The van der Waals surface area contributed by atoms with Crippen molar-refractivity contribution in [2.24, 2.45) is 12.8 Å². The maximum atomic E-state index is 12.1. The summed E-state index contributed by atoms with van der Waals surface area (Å²) in [7, 11) is 1.79. The van der Waals surface area contributed by atoms with Crippen molar-refractivity contribution < 1.29 is 4.79 Å². The van der Waals surface area contributed by atoms with Gasteiger partial charge in [0.25, 0.3) is 0 Å². The Balaban J connectivity index is 2.05. The fourth-order valence-corrected chi connectivity index (χ4v) is 2.15. The lowest BCUT2D eigenvalue weighted by atomic mass is 9.82. The van der Waals surface area contributed by atoms with E-state index in [0.29, 0.717) is 5.82 Å². The summed E-state index contributed by atoms with van der Waals surface area (Å²) in [6.07, 6.45) is 6.45. The number of carbonyl (C=O) groups is 1. The summed E-state index contributed by atoms with van der Waals surface area (Å²) in [4.78, 5) is 12.1. The number of carbonyl (C=O) groups excluding carboxylic acids is 1. The Kier molecular flexibility index (Phi) is 2.96. The molecule has 1 fully saturated rings. The number of amides is 1. The maximum Gasteiger partial charge on any atom is 0.245 e. The number of nitrogens with one attached hydrogen (secondary N) is 1. The fourth-order valence-electron chi connectivity index (χ4n) is 2.15. The molecule has 1 aliphatic carbocycles. The number of hydrogen-bond acceptors (Lipinski definition) is 3. The number of aromatic nitrogens is 2. The summed E-state index contributed by atoms with van der Waals surface area (Å²) in [5, 5.41) is 6.84. The standard InChI is InChI=1S/C11H18N4O/c1-15-9(5-8-13-15)14-10(16)11(12)6-3-2-4-7-11/h5,8H,2-4,6-7,12H2,1H3,(H,14,16). The molecule has 16 heavy (non-hydrogen) atoms. The molecule has 0 unspecified atom stereocenters. The molecule has 1 heterocycles. The Labute approximate surface area is 95.0 Å². The van der Waals surface area contributed by atoms with Gasteiger partial charge in [-0.2, -0.15) is 5.10 Å². The van der Waals surface area contributed by atoms with Crippen molar-refractivity contribution in [3.63, 3.8) is 0 Å². The molecule has 0 saturated heterocycles. The molecule has 0 atom stereocenters. The second-order valence-corrected chi connectivity index (χ2v) is 4.51. The fraction of sp³-hybridized carbons (Fsp3) is 0.636. The Bertz CT molecular complexity index is 379. The molecule has 5 nitrogen and oxygen atoms in total. The number of anilines is 1. The molecule has 3 N–H and O–H groups in total. The molecule has 1 aromatic rings. The van der Waals surface area contributed by atoms with Crippen LogP contribution in [0.1, 0.15) is 32.1 Å². The van der Waals surface area contributed by atoms with Crippen molar-refractivity contribution in [1.82, 2.24) is 9.78 Å². The number of nitrogens with zero attached hydrogens (tertiary/aromatic N) is 2. The minimum atomic E-state index is -0.692. The van der Waals surface area contributed by atoms with Crippen LogP contribution in [0.5, 0.6) is 0 Å². The first-order chi connectivity index (χ1) is 7.62. The molecule has 2 rings (SSSR count). The third kappa shape index (κ3) is 2.09. The summed E-state index contributed by atoms with van der Waals surface area (Å²) in [6, 6.07) is 1.77. The largest absolute Gasteiger partial charge is 0.317 e. The monoisotopic (exact) mass is 222 g/mol. The summed E-state index contributed by atoms with van der Waals surface area (Å²) >= 11 is 0. The second kappa shape index (κ2) is 4.25. The minimum absolute atomic E-state index is 0.0872. The smallest absolute Gasteiger partial charge is 0.245 e. The molecular formula is C11H18N4O. The van der Waals surface area contributed by atoms with Crippen LogP contribution in [0.4, 0.5) is 5.82 Å². The lowest BCUT2D eigenvalue weighted by molar-refractivity contribution is -0.122. The van der Waals surface area contributed by atoms with Gasteiger partial charge in [0, 0.05) is 13.1 Å². The van der Waals surface area contributed by atoms with Gasteiger partial charge in [-0.15, -0.1) is 0 Å². The highest BCUT2D eigenvalue weighted by molar-refractivity contribution is 5.97. The van der Waals surface area contributed by atoms with Crippen molar-refractivity contribution >= 4 is 11.7 Å². The molecule has 1 aliphatic rings. The Morgan fingerprint density at radius 2 is 2.19 bits per heavy atom. The van der Waals surface area contributed by atoms with Gasteiger partial charge in [-0.1, -0.05) is 19.3 Å². The normalized spacial score (nSPS) is 19.4. The van der Waals surface area contributed by atoms with Gasteiger partial charge in [-0.3, -0.25) is 9.48 Å². The zero-order valence-electron chi connectivity index (χ0n) is 9.57. The van der Waals surface area contributed by atoms with Crippen molar-refractivity contribution in [3.8, 4) is 0 Å². The number of nitrogens with two attached hydrogens (primary N) is 1. The zero-order chi connectivity index (χ0) is 11.6. The van der Waals surface area contributed by atoms with Crippen LogP contribution in [0.3, 0.4) is 0 Å². The van der Waals surface area contributed by atoms with E-state index in [1.807, 2.05) is 0 Å². The van der Waals surface area contributed by atoms with Crippen molar-refractivity contribution in [1.29, 1.82) is 0 Å². The van der Waals surface area contributed by atoms with E-state index in [1.54, 1.807) is 24.0 Å². The highest BCUT2D eigenvalue weighted by atomic mass is 16.2. The second-order valence-electron chi connectivity index (χ2n) is 4.51. The van der Waals surface area contributed by atoms with E-state index < -0.39 is 5.54 Å². The highest BCUT2D eigenvalue weighted by Gasteiger charge is 2.35. The van der Waals surface area contributed by atoms with Crippen LogP contribution in [0, 0.1) is 0 Å². The third-order valence-corrected chi connectivity index (χ3v) is 3.26. The van der Waals surface area contributed by atoms with Crippen molar-refractivity contribution in [2.75, 3.05) is 5.32 Å². The van der Waals surface area contributed by atoms with E-state index in [2.05, 4.69) is 10.4 Å². The van der Waals surface area contributed by atoms with E-state index in [-0.39, 0.29) is 5.91 Å². The van der Waals surface area contributed by atoms with Gasteiger partial charge < -0.3 is 11.1 Å². The predicted molar refractivity (Wildman–Crippen MR) is 61.8 cm³/mol. The number of rotatable bonds is 2. The van der Waals surface area contributed by atoms with Gasteiger partial charge in [0.05, 0.1) is 11.7 Å². The third-order valence-electron chi connectivity index (χ3n) is 3.26. The molecular weight excluding hydrogens is 204 g/mol. The van der Waals surface area contributed by atoms with E-state index in [1.165, 1.54) is 6.42 Å². The highest BCUT2D eigenvalue weighted by Crippen LogP contribution is 2.27. The van der Waals surface area contributed by atoms with Crippen LogP contribution in [0.2, 0.25) is 0 Å². The van der Waals surface area contributed by atoms with Gasteiger partial charge in [0.1, 0.15) is 5.82 Å². The van der Waals surface area contributed by atoms with Gasteiger partial charge >= 0.3 is 0 Å². The van der Waals surface area contributed by atoms with Crippen LogP contribution in [0.15, 0.2) is 12.3 Å². The summed E-state index contributed by atoms with van der Waals surface area (Å²) < 4.78 is 1.63. The SMILES string of the molecule is Cn1nccc1NC(=O)C1(N)CCCCC1. The zero-order valence-corrected chi connectivity index (χ0v) is 9.57. The molecule has 5 heteroatoms. The van der Waals surface area contributed by atoms with Gasteiger partial charge in [0.2, 0.25) is 5.91 Å². The Hall–Kier alpha value is -1.36. The van der Waals surface area contributed by atoms with Crippen LogP contribution in [0.25, 0.3) is 0 Å². The average Bonchev–Trinajstić information content (AvgIpc) is 2.65. The summed E-state index contributed by atoms with van der Waals surface area (Å²) in [5.74, 6) is 0.608. The predicted octanol–water partition coefficient (Wildman–Crippen LogP) is 1.02. The molecule has 0 bridgehead atoms. The van der Waals surface area contributed by atoms with Crippen molar-refractivity contribution in [2.45, 2.75) is 37.6 Å². The summed E-state index contributed by atoms with van der Waals surface area (Å²) in [6.45, 7) is 0. The van der Waals surface area contributed by atoms with Crippen LogP contribution in [-0.2, 0) is 11.8 Å². The van der Waals surface area contributed by atoms with Gasteiger partial charge in [-0.05, 0) is 12.8 Å². The van der Waals surface area contributed by atoms with E-state index in [9.17, 15) is 4.79 Å². The molecule has 0 spiro atoms. The van der Waals surface area contributed by atoms with E-state index >= 15 is 0 Å². The number of hydrogen-bond donors (Lipinski definition) is 2.